The first-order valence-electron chi connectivity index (χ1n) is 14.8. The highest BCUT2D eigenvalue weighted by molar-refractivity contribution is 8.14. The van der Waals surface area contributed by atoms with Crippen LogP contribution in [0.25, 0.3) is 0 Å². The largest absolute Gasteiger partial charge is 0.374 e. The maximum Gasteiger partial charge on any atom is 0.281 e. The molecule has 1 N–H and O–H groups in total. The smallest absolute Gasteiger partial charge is 0.281 e. The molecule has 4 aromatic carbocycles. The predicted molar refractivity (Wildman–Crippen MR) is 172 cm³/mol. The molecule has 1 amide bonds. The lowest BCUT2D eigenvalue weighted by atomic mass is 9.98. The van der Waals surface area contributed by atoms with Crippen molar-refractivity contribution in [3.63, 3.8) is 0 Å². The van der Waals surface area contributed by atoms with Gasteiger partial charge in [0.1, 0.15) is 29.9 Å². The minimum Gasteiger partial charge on any atom is -0.374 e. The minimum absolute atomic E-state index is 0.224. The van der Waals surface area contributed by atoms with Crippen LogP contribution in [0.3, 0.4) is 0 Å². The summed E-state index contributed by atoms with van der Waals surface area (Å²) in [6.45, 7) is 1.69. The summed E-state index contributed by atoms with van der Waals surface area (Å²) in [6, 6.07) is 39.9. The minimum atomic E-state index is -0.665. The molecule has 1 aliphatic heterocycles. The highest BCUT2D eigenvalue weighted by Crippen LogP contribution is 2.35. The zero-order chi connectivity index (χ0) is 30.4. The molecule has 1 saturated heterocycles. The van der Waals surface area contributed by atoms with Gasteiger partial charge in [-0.25, -0.2) is 0 Å². The van der Waals surface area contributed by atoms with Gasteiger partial charge in [-0.15, -0.1) is 0 Å². The quantitative estimate of drug-likeness (QED) is 0.169. The average molecular weight is 614 g/mol. The fourth-order valence-electron chi connectivity index (χ4n) is 5.01. The van der Waals surface area contributed by atoms with Crippen molar-refractivity contribution >= 4 is 17.0 Å². The van der Waals surface area contributed by atoms with Gasteiger partial charge < -0.3 is 29.0 Å². The van der Waals surface area contributed by atoms with E-state index in [0.29, 0.717) is 26.4 Å². The first-order chi connectivity index (χ1) is 21.7. The predicted octanol–water partition coefficient (Wildman–Crippen LogP) is 6.76. The second kappa shape index (κ2) is 17.1. The third-order valence-electron chi connectivity index (χ3n) is 7.27. The van der Waals surface area contributed by atoms with Crippen molar-refractivity contribution < 1.29 is 28.5 Å². The molecule has 7 nitrogen and oxygen atoms in total. The standard InChI is InChI=1S/C36H39NO6S/c1-37-36(38)44-35-34(42-25-30-20-12-5-13-21-30)33(41-24-29-18-10-4-11-19-29)32(40-23-28-16-8-3-9-17-28)31(43-35)26-39-22-27-14-6-2-7-15-27/h2-21,31-35H,22-26H2,1H3,(H,37,38). The van der Waals surface area contributed by atoms with E-state index in [4.69, 9.17) is 23.7 Å². The van der Waals surface area contributed by atoms with Crippen LogP contribution < -0.4 is 5.32 Å². The maximum absolute atomic E-state index is 12.7. The molecule has 0 aromatic heterocycles. The first-order valence-corrected chi connectivity index (χ1v) is 15.7. The van der Waals surface area contributed by atoms with Crippen LogP contribution in [-0.4, -0.2) is 48.7 Å². The van der Waals surface area contributed by atoms with Gasteiger partial charge in [-0.3, -0.25) is 4.79 Å². The molecule has 5 atom stereocenters. The van der Waals surface area contributed by atoms with Crippen LogP contribution in [0.1, 0.15) is 22.3 Å². The van der Waals surface area contributed by atoms with Crippen LogP contribution >= 0.6 is 11.8 Å². The average Bonchev–Trinajstić information content (AvgIpc) is 3.08. The molecule has 1 heterocycles. The normalized spacial score (nSPS) is 21.5. The van der Waals surface area contributed by atoms with Crippen molar-refractivity contribution in [2.45, 2.75) is 56.3 Å². The Morgan fingerprint density at radius 2 is 1.02 bits per heavy atom. The van der Waals surface area contributed by atoms with Gasteiger partial charge in [0, 0.05) is 7.05 Å². The third-order valence-corrected chi connectivity index (χ3v) is 8.30. The number of ether oxygens (including phenoxy) is 5. The van der Waals surface area contributed by atoms with E-state index in [1.165, 1.54) is 0 Å². The maximum atomic E-state index is 12.7. The van der Waals surface area contributed by atoms with E-state index in [9.17, 15) is 4.79 Å². The Labute approximate surface area is 263 Å². The molecule has 1 aliphatic rings. The van der Waals surface area contributed by atoms with E-state index < -0.39 is 29.9 Å². The Balaban J connectivity index is 1.43. The van der Waals surface area contributed by atoms with E-state index in [-0.39, 0.29) is 11.8 Å². The van der Waals surface area contributed by atoms with Gasteiger partial charge in [-0.2, -0.15) is 0 Å². The van der Waals surface area contributed by atoms with Crippen LogP contribution in [0.15, 0.2) is 121 Å². The summed E-state index contributed by atoms with van der Waals surface area (Å²) in [5.74, 6) is 0. The van der Waals surface area contributed by atoms with Crippen LogP contribution in [-0.2, 0) is 50.1 Å². The van der Waals surface area contributed by atoms with Crippen molar-refractivity contribution in [3.8, 4) is 0 Å². The number of rotatable bonds is 14. The number of hydrogen-bond acceptors (Lipinski definition) is 7. The molecule has 8 heteroatoms. The molecule has 5 rings (SSSR count). The summed E-state index contributed by atoms with van der Waals surface area (Å²) in [4.78, 5) is 12.7. The Bertz CT molecular complexity index is 1380. The third kappa shape index (κ3) is 9.50. The molecule has 0 radical (unpaired) electrons. The van der Waals surface area contributed by atoms with Crippen LogP contribution in [0.4, 0.5) is 4.79 Å². The molecule has 44 heavy (non-hydrogen) atoms. The Morgan fingerprint density at radius 1 is 0.614 bits per heavy atom. The zero-order valence-electron chi connectivity index (χ0n) is 24.8. The van der Waals surface area contributed by atoms with E-state index in [0.717, 1.165) is 34.0 Å². The van der Waals surface area contributed by atoms with Crippen molar-refractivity contribution in [3.05, 3.63) is 144 Å². The summed E-state index contributed by atoms with van der Waals surface area (Å²) in [6.07, 6.45) is -2.25. The summed E-state index contributed by atoms with van der Waals surface area (Å²) in [5.41, 5.74) is 3.45. The zero-order valence-corrected chi connectivity index (χ0v) is 25.6. The molecule has 0 bridgehead atoms. The van der Waals surface area contributed by atoms with Gasteiger partial charge in [0.25, 0.3) is 5.24 Å². The summed E-state index contributed by atoms with van der Waals surface area (Å²) in [7, 11) is 1.60. The molecule has 5 unspecified atom stereocenters. The fraction of sp³-hybridized carbons (Fsp3) is 0.306. The molecular formula is C36H39NO6S. The Hall–Kier alpha value is -3.50. The molecule has 0 saturated carbocycles. The van der Waals surface area contributed by atoms with Crippen molar-refractivity contribution in [1.82, 2.24) is 5.32 Å². The second-order valence-electron chi connectivity index (χ2n) is 10.5. The van der Waals surface area contributed by atoms with Gasteiger partial charge >= 0.3 is 0 Å². The topological polar surface area (TPSA) is 75.3 Å². The molecular weight excluding hydrogens is 574 g/mol. The number of thioether (sulfide) groups is 1. The number of amides is 1. The van der Waals surface area contributed by atoms with Gasteiger partial charge in [0.15, 0.2) is 0 Å². The van der Waals surface area contributed by atoms with Gasteiger partial charge in [0.05, 0.1) is 33.0 Å². The van der Waals surface area contributed by atoms with Crippen LogP contribution in [0.5, 0.6) is 0 Å². The van der Waals surface area contributed by atoms with Gasteiger partial charge in [-0.1, -0.05) is 121 Å². The number of nitrogens with one attached hydrogen (secondary N) is 1. The van der Waals surface area contributed by atoms with Crippen LogP contribution in [0.2, 0.25) is 0 Å². The Morgan fingerprint density at radius 3 is 1.48 bits per heavy atom. The van der Waals surface area contributed by atoms with E-state index in [1.807, 2.05) is 121 Å². The van der Waals surface area contributed by atoms with E-state index >= 15 is 0 Å². The van der Waals surface area contributed by atoms with Crippen LogP contribution in [0, 0.1) is 0 Å². The van der Waals surface area contributed by atoms with E-state index in [1.54, 1.807) is 7.05 Å². The molecule has 230 valence electrons. The lowest BCUT2D eigenvalue weighted by Crippen LogP contribution is -2.60. The van der Waals surface area contributed by atoms with E-state index in [2.05, 4.69) is 5.32 Å². The Kier molecular flexibility index (Phi) is 12.4. The van der Waals surface area contributed by atoms with Crippen molar-refractivity contribution in [1.29, 1.82) is 0 Å². The summed E-state index contributed by atoms with van der Waals surface area (Å²) in [5, 5.41) is 2.48. The molecule has 4 aromatic rings. The number of carbonyl (C=O) groups excluding carboxylic acids is 1. The molecule has 0 spiro atoms. The summed E-state index contributed by atoms with van der Waals surface area (Å²) >= 11 is 1.05. The number of hydrogen-bond donors (Lipinski definition) is 1. The lowest BCUT2D eigenvalue weighted by Gasteiger charge is -2.45. The molecule has 1 fully saturated rings. The monoisotopic (exact) mass is 613 g/mol. The van der Waals surface area contributed by atoms with Gasteiger partial charge in [-0.05, 0) is 34.0 Å². The van der Waals surface area contributed by atoms with Gasteiger partial charge in [0.2, 0.25) is 0 Å². The van der Waals surface area contributed by atoms with Crippen molar-refractivity contribution in [2.24, 2.45) is 0 Å². The second-order valence-corrected chi connectivity index (χ2v) is 11.6. The first kappa shape index (κ1) is 31.9. The lowest BCUT2D eigenvalue weighted by molar-refractivity contribution is -0.254. The highest BCUT2D eigenvalue weighted by atomic mass is 32.2. The highest BCUT2D eigenvalue weighted by Gasteiger charge is 2.49. The SMILES string of the molecule is CNC(=O)SC1OC(COCc2ccccc2)C(OCc2ccccc2)C(OCc2ccccc2)C1OCc1ccccc1. The molecule has 0 aliphatic carbocycles. The van der Waals surface area contributed by atoms with Crippen molar-refractivity contribution in [2.75, 3.05) is 13.7 Å². The number of benzene rings is 4. The summed E-state index contributed by atoms with van der Waals surface area (Å²) < 4.78 is 32.7. The fourth-order valence-corrected chi connectivity index (χ4v) is 5.90. The number of carbonyl (C=O) groups is 1.